The van der Waals surface area contributed by atoms with Gasteiger partial charge in [-0.2, -0.15) is 0 Å². The van der Waals surface area contributed by atoms with E-state index in [1.165, 1.54) is 11.1 Å². The predicted octanol–water partition coefficient (Wildman–Crippen LogP) is 7.81. The van der Waals surface area contributed by atoms with Crippen molar-refractivity contribution >= 4 is 46.0 Å². The number of benzene rings is 4. The number of ether oxygens (including phenoxy) is 2. The molecule has 0 aliphatic heterocycles. The van der Waals surface area contributed by atoms with Crippen LogP contribution in [0.1, 0.15) is 46.9 Å². The third kappa shape index (κ3) is 3.18. The van der Waals surface area contributed by atoms with Gasteiger partial charge in [0.1, 0.15) is 11.5 Å². The second-order valence-corrected chi connectivity index (χ2v) is 9.99. The summed E-state index contributed by atoms with van der Waals surface area (Å²) in [5, 5.41) is 22.6. The van der Waals surface area contributed by atoms with Gasteiger partial charge in [-0.05, 0) is 63.1 Å². The smallest absolute Gasteiger partial charge is 0.449 e. The monoisotopic (exact) mass is 490 g/mol. The lowest BCUT2D eigenvalue weighted by atomic mass is 9.67. The minimum atomic E-state index is -1.33. The number of allylic oxidation sites excluding steroid dienone is 2. The molecule has 0 saturated heterocycles. The van der Waals surface area contributed by atoms with Crippen LogP contribution in [0.5, 0.6) is 11.5 Å². The molecule has 0 aromatic heterocycles. The Balaban J connectivity index is 1.37. The van der Waals surface area contributed by atoms with Crippen LogP contribution in [0.3, 0.4) is 0 Å². The van der Waals surface area contributed by atoms with Crippen LogP contribution in [0.4, 0.5) is 9.59 Å². The summed E-state index contributed by atoms with van der Waals surface area (Å²) < 4.78 is 10.2. The van der Waals surface area contributed by atoms with Crippen LogP contribution in [-0.2, 0) is 0 Å². The highest BCUT2D eigenvalue weighted by Gasteiger charge is 2.55. The molecule has 3 aliphatic rings. The van der Waals surface area contributed by atoms with E-state index in [0.29, 0.717) is 11.5 Å². The van der Waals surface area contributed by atoms with Crippen LogP contribution in [0.25, 0.3) is 33.7 Å². The summed E-state index contributed by atoms with van der Waals surface area (Å²) in [6, 6.07) is 19.8. The van der Waals surface area contributed by atoms with Crippen LogP contribution in [0, 0.1) is 5.41 Å². The quantitative estimate of drug-likeness (QED) is 0.224. The largest absolute Gasteiger partial charge is 0.511 e. The van der Waals surface area contributed by atoms with Gasteiger partial charge in [0, 0.05) is 23.0 Å². The Labute approximate surface area is 212 Å². The second-order valence-electron chi connectivity index (χ2n) is 9.99. The van der Waals surface area contributed by atoms with Crippen LogP contribution < -0.4 is 9.47 Å². The Bertz CT molecular complexity index is 1590. The maximum atomic E-state index is 11.3. The van der Waals surface area contributed by atoms with Crippen molar-refractivity contribution in [3.63, 3.8) is 0 Å². The van der Waals surface area contributed by atoms with Crippen LogP contribution in [-0.4, -0.2) is 22.5 Å². The zero-order valence-corrected chi connectivity index (χ0v) is 19.7. The Morgan fingerprint density at radius 2 is 1.14 bits per heavy atom. The van der Waals surface area contributed by atoms with E-state index in [9.17, 15) is 19.8 Å². The Kier molecular flexibility index (Phi) is 4.52. The van der Waals surface area contributed by atoms with Gasteiger partial charge in [0.2, 0.25) is 0 Å². The van der Waals surface area contributed by atoms with Crippen molar-refractivity contribution in [2.75, 3.05) is 0 Å². The second kappa shape index (κ2) is 7.71. The first-order valence-electron chi connectivity index (χ1n) is 12.3. The van der Waals surface area contributed by atoms with Crippen molar-refractivity contribution < 1.29 is 29.3 Å². The van der Waals surface area contributed by atoms with Gasteiger partial charge >= 0.3 is 12.3 Å². The molecule has 0 spiro atoms. The standard InChI is InChI=1S/C31H22O6/c32-29(33)36-25-13-7-17-3-1-5-19-23(11-9-21(25)27(17)19)31(15-16-31)24-12-10-22-26(37-30(34)35)14-8-18-4-2-6-20(24)28(18)22/h1-14,23-24H,15-16H2,(H,32,33)(H,34,35). The van der Waals surface area contributed by atoms with Crippen molar-refractivity contribution in [3.05, 3.63) is 95.1 Å². The molecular weight excluding hydrogens is 468 g/mol. The number of carboxylic acid groups (broad SMARTS) is 2. The summed E-state index contributed by atoms with van der Waals surface area (Å²) in [5.41, 5.74) is 3.91. The van der Waals surface area contributed by atoms with Crippen molar-refractivity contribution in [2.45, 2.75) is 24.7 Å². The molecule has 37 heavy (non-hydrogen) atoms. The summed E-state index contributed by atoms with van der Waals surface area (Å²) >= 11 is 0. The average Bonchev–Trinajstić information content (AvgIpc) is 3.69. The highest BCUT2D eigenvalue weighted by Crippen LogP contribution is 2.67. The zero-order valence-electron chi connectivity index (χ0n) is 19.7. The molecule has 4 aromatic carbocycles. The fourth-order valence-electron chi connectivity index (χ4n) is 6.60. The normalized spacial score (nSPS) is 20.1. The van der Waals surface area contributed by atoms with E-state index in [2.05, 4.69) is 36.4 Å². The third-order valence-corrected chi connectivity index (χ3v) is 8.20. The van der Waals surface area contributed by atoms with Gasteiger partial charge in [-0.15, -0.1) is 0 Å². The topological polar surface area (TPSA) is 93.1 Å². The van der Waals surface area contributed by atoms with Gasteiger partial charge < -0.3 is 19.7 Å². The molecule has 0 radical (unpaired) electrons. The number of hydrogen-bond acceptors (Lipinski definition) is 4. The molecule has 0 amide bonds. The van der Waals surface area contributed by atoms with Crippen LogP contribution in [0.2, 0.25) is 0 Å². The zero-order chi connectivity index (χ0) is 25.3. The average molecular weight is 491 g/mol. The summed E-state index contributed by atoms with van der Waals surface area (Å²) in [5.74, 6) is 0.950. The summed E-state index contributed by atoms with van der Waals surface area (Å²) in [6.07, 6.45) is 7.87. The van der Waals surface area contributed by atoms with E-state index in [0.717, 1.165) is 45.5 Å². The molecular formula is C31H22O6. The molecule has 7 rings (SSSR count). The fraction of sp³-hybridized carbons (Fsp3) is 0.161. The van der Waals surface area contributed by atoms with E-state index in [1.54, 1.807) is 12.1 Å². The van der Waals surface area contributed by atoms with Gasteiger partial charge in [-0.25, -0.2) is 9.59 Å². The van der Waals surface area contributed by atoms with E-state index < -0.39 is 12.3 Å². The molecule has 0 heterocycles. The molecule has 2 unspecified atom stereocenters. The molecule has 6 nitrogen and oxygen atoms in total. The molecule has 1 saturated carbocycles. The first-order valence-corrected chi connectivity index (χ1v) is 12.3. The minimum absolute atomic E-state index is 0.0434. The molecule has 2 N–H and O–H groups in total. The van der Waals surface area contributed by atoms with E-state index in [-0.39, 0.29) is 17.3 Å². The fourth-order valence-corrected chi connectivity index (χ4v) is 6.60. The van der Waals surface area contributed by atoms with Crippen molar-refractivity contribution in [2.24, 2.45) is 5.41 Å². The molecule has 6 heteroatoms. The van der Waals surface area contributed by atoms with Crippen molar-refractivity contribution in [3.8, 4) is 11.5 Å². The molecule has 3 aliphatic carbocycles. The van der Waals surface area contributed by atoms with Gasteiger partial charge in [-0.1, -0.05) is 72.8 Å². The molecule has 1 fully saturated rings. The first kappa shape index (κ1) is 21.7. The molecule has 2 atom stereocenters. The molecule has 0 bridgehead atoms. The predicted molar refractivity (Wildman–Crippen MR) is 140 cm³/mol. The van der Waals surface area contributed by atoms with E-state index >= 15 is 0 Å². The Morgan fingerprint density at radius 1 is 0.676 bits per heavy atom. The van der Waals surface area contributed by atoms with E-state index in [4.69, 9.17) is 9.47 Å². The summed E-state index contributed by atoms with van der Waals surface area (Å²) in [4.78, 5) is 22.6. The lowest BCUT2D eigenvalue weighted by Gasteiger charge is -2.36. The number of hydrogen-bond donors (Lipinski definition) is 2. The molecule has 4 aromatic rings. The maximum Gasteiger partial charge on any atom is 0.511 e. The number of carbonyl (C=O) groups is 2. The number of rotatable bonds is 4. The maximum absolute atomic E-state index is 11.3. The van der Waals surface area contributed by atoms with Crippen molar-refractivity contribution in [1.82, 2.24) is 0 Å². The van der Waals surface area contributed by atoms with Gasteiger partial charge in [-0.3, -0.25) is 0 Å². The lowest BCUT2D eigenvalue weighted by Crippen LogP contribution is -2.23. The van der Waals surface area contributed by atoms with Crippen LogP contribution in [0.15, 0.2) is 72.8 Å². The van der Waals surface area contributed by atoms with Gasteiger partial charge in [0.25, 0.3) is 0 Å². The Morgan fingerprint density at radius 3 is 1.54 bits per heavy atom. The molecule has 182 valence electrons. The van der Waals surface area contributed by atoms with Crippen LogP contribution >= 0.6 is 0 Å². The van der Waals surface area contributed by atoms with Crippen molar-refractivity contribution in [1.29, 1.82) is 0 Å². The van der Waals surface area contributed by atoms with Gasteiger partial charge in [0.15, 0.2) is 0 Å². The highest BCUT2D eigenvalue weighted by atomic mass is 16.7. The first-order chi connectivity index (χ1) is 18.0. The lowest BCUT2D eigenvalue weighted by molar-refractivity contribution is 0.143. The van der Waals surface area contributed by atoms with Gasteiger partial charge in [0.05, 0.1) is 0 Å². The third-order valence-electron chi connectivity index (χ3n) is 8.20. The van der Waals surface area contributed by atoms with E-state index in [1.807, 2.05) is 36.4 Å². The Hall–Kier alpha value is -4.58. The highest BCUT2D eigenvalue weighted by molar-refractivity contribution is 6.00. The minimum Gasteiger partial charge on any atom is -0.449 e. The SMILES string of the molecule is O=C(O)Oc1ccc2cccc3c2c1C=CC3C1(C2C=Cc3c(OC(=O)O)ccc4cccc2c34)CC1. The summed E-state index contributed by atoms with van der Waals surface area (Å²) in [7, 11) is 0. The summed E-state index contributed by atoms with van der Waals surface area (Å²) in [6.45, 7) is 0.